The zero-order chi connectivity index (χ0) is 25.3. The van der Waals surface area contributed by atoms with Gasteiger partial charge in [0, 0.05) is 18.3 Å². The molecule has 2 heterocycles. The maximum atomic E-state index is 14.0. The molecule has 0 unspecified atom stereocenters. The van der Waals surface area contributed by atoms with Crippen molar-refractivity contribution in [3.05, 3.63) is 78.0 Å². The highest BCUT2D eigenvalue weighted by Crippen LogP contribution is 2.35. The molecule has 6 nitrogen and oxygen atoms in total. The molecule has 2 amide bonds. The van der Waals surface area contributed by atoms with Gasteiger partial charge in [-0.3, -0.25) is 9.59 Å². The molecule has 1 saturated carbocycles. The molecule has 0 saturated heterocycles. The third kappa shape index (κ3) is 4.52. The summed E-state index contributed by atoms with van der Waals surface area (Å²) in [4.78, 5) is 29.7. The lowest BCUT2D eigenvalue weighted by Crippen LogP contribution is -2.64. The third-order valence-corrected chi connectivity index (χ3v) is 7.92. The number of methoxy groups -OCH3 is 1. The fraction of sp³-hybridized carbons (Fsp3) is 0.400. The van der Waals surface area contributed by atoms with Crippen LogP contribution >= 0.6 is 0 Å². The van der Waals surface area contributed by atoms with Crippen LogP contribution in [0.15, 0.2) is 66.7 Å². The van der Waals surface area contributed by atoms with Crippen molar-refractivity contribution < 1.29 is 14.3 Å². The van der Waals surface area contributed by atoms with E-state index in [4.69, 9.17) is 4.74 Å². The minimum atomic E-state index is -1.03. The van der Waals surface area contributed by atoms with Gasteiger partial charge in [0.15, 0.2) is 0 Å². The van der Waals surface area contributed by atoms with Crippen LogP contribution in [0, 0.1) is 5.92 Å². The molecule has 1 atom stereocenters. The summed E-state index contributed by atoms with van der Waals surface area (Å²) in [6.07, 6.45) is 4.21. The number of nitrogens with one attached hydrogen (secondary N) is 1. The average Bonchev–Trinajstić information content (AvgIpc) is 3.32. The van der Waals surface area contributed by atoms with Crippen LogP contribution in [0.3, 0.4) is 0 Å². The van der Waals surface area contributed by atoms with E-state index in [0.29, 0.717) is 24.7 Å². The van der Waals surface area contributed by atoms with Crippen molar-refractivity contribution in [2.45, 2.75) is 64.2 Å². The molecule has 5 rings (SSSR count). The summed E-state index contributed by atoms with van der Waals surface area (Å²) in [5.74, 6) is 1.25. The van der Waals surface area contributed by atoms with Crippen molar-refractivity contribution in [1.82, 2.24) is 14.8 Å². The first kappa shape index (κ1) is 24.2. The van der Waals surface area contributed by atoms with Gasteiger partial charge in [-0.2, -0.15) is 0 Å². The highest BCUT2D eigenvalue weighted by atomic mass is 16.5. The zero-order valence-electron chi connectivity index (χ0n) is 21.4. The van der Waals surface area contributed by atoms with Crippen LogP contribution in [0.25, 0.3) is 11.3 Å². The maximum absolute atomic E-state index is 14.0. The smallest absolute Gasteiger partial charge is 0.271 e. The predicted molar refractivity (Wildman–Crippen MR) is 141 cm³/mol. The van der Waals surface area contributed by atoms with Gasteiger partial charge in [-0.1, -0.05) is 49.4 Å². The van der Waals surface area contributed by atoms with E-state index in [9.17, 15) is 9.59 Å². The van der Waals surface area contributed by atoms with Crippen LogP contribution in [0.4, 0.5) is 0 Å². The standard InChI is InChI=1S/C30H35N3O3/c1-21-9-13-24(14-10-21)31-29(35)30(2)20-32-26(23-7-5-4-6-8-23)17-18-27(32)28(34)33(30)19-22-11-15-25(36-3)16-12-22/h4-8,11-12,15-18,21,24H,9-10,13-14,19-20H2,1-3H3,(H,31,35)/t21?,24?,30-/m0/s1. The summed E-state index contributed by atoms with van der Waals surface area (Å²) in [5.41, 5.74) is 2.52. The largest absolute Gasteiger partial charge is 0.497 e. The predicted octanol–water partition coefficient (Wildman–Crippen LogP) is 5.27. The molecule has 0 radical (unpaired) electrons. The number of fused-ring (bicyclic) bond motifs is 1. The molecule has 0 spiro atoms. The lowest BCUT2D eigenvalue weighted by molar-refractivity contribution is -0.134. The van der Waals surface area contributed by atoms with Crippen molar-refractivity contribution in [2.75, 3.05) is 7.11 Å². The van der Waals surface area contributed by atoms with Gasteiger partial charge >= 0.3 is 0 Å². The average molecular weight is 486 g/mol. The first-order valence-corrected chi connectivity index (χ1v) is 12.9. The van der Waals surface area contributed by atoms with Crippen molar-refractivity contribution in [1.29, 1.82) is 0 Å². The Kier molecular flexibility index (Phi) is 6.61. The number of aromatic nitrogens is 1. The molecule has 188 valence electrons. The highest BCUT2D eigenvalue weighted by molar-refractivity contribution is 6.00. The molecule has 36 heavy (non-hydrogen) atoms. The number of ether oxygens (including phenoxy) is 1. The number of amides is 2. The van der Waals surface area contributed by atoms with Crippen LogP contribution in [-0.4, -0.2) is 40.0 Å². The van der Waals surface area contributed by atoms with E-state index < -0.39 is 5.54 Å². The van der Waals surface area contributed by atoms with Crippen molar-refractivity contribution in [3.8, 4) is 17.0 Å². The van der Waals surface area contributed by atoms with E-state index in [-0.39, 0.29) is 17.9 Å². The van der Waals surface area contributed by atoms with E-state index in [2.05, 4.69) is 12.2 Å². The molecule has 0 bridgehead atoms. The van der Waals surface area contributed by atoms with Crippen LogP contribution in [-0.2, 0) is 17.9 Å². The quantitative estimate of drug-likeness (QED) is 0.517. The molecule has 2 aliphatic rings. The normalized spacial score (nSPS) is 23.8. The first-order chi connectivity index (χ1) is 17.4. The Balaban J connectivity index is 1.50. The van der Waals surface area contributed by atoms with Crippen LogP contribution in [0.5, 0.6) is 5.75 Å². The van der Waals surface area contributed by atoms with E-state index in [1.165, 1.54) is 0 Å². The molecule has 1 aliphatic heterocycles. The molecule has 6 heteroatoms. The summed E-state index contributed by atoms with van der Waals surface area (Å²) < 4.78 is 7.31. The Hall–Kier alpha value is -3.54. The van der Waals surface area contributed by atoms with E-state index in [1.807, 2.05) is 78.2 Å². The number of benzene rings is 2. The summed E-state index contributed by atoms with van der Waals surface area (Å²) in [7, 11) is 1.63. The molecular weight excluding hydrogens is 450 g/mol. The lowest BCUT2D eigenvalue weighted by Gasteiger charge is -2.45. The van der Waals surface area contributed by atoms with Crippen LogP contribution in [0.1, 0.15) is 55.6 Å². The van der Waals surface area contributed by atoms with E-state index >= 15 is 0 Å². The van der Waals surface area contributed by atoms with Crippen molar-refractivity contribution in [2.24, 2.45) is 5.92 Å². The second-order valence-electron chi connectivity index (χ2n) is 10.5. The topological polar surface area (TPSA) is 63.6 Å². The van der Waals surface area contributed by atoms with Crippen LogP contribution in [0.2, 0.25) is 0 Å². The molecule has 2 aromatic carbocycles. The number of carbonyl (C=O) groups excluding carboxylic acids is 2. The Morgan fingerprint density at radius 1 is 0.972 bits per heavy atom. The van der Waals surface area contributed by atoms with Crippen molar-refractivity contribution >= 4 is 11.8 Å². The summed E-state index contributed by atoms with van der Waals surface area (Å²) in [5, 5.41) is 3.32. The third-order valence-electron chi connectivity index (χ3n) is 7.92. The second-order valence-corrected chi connectivity index (χ2v) is 10.5. The molecular formula is C30H35N3O3. The van der Waals surface area contributed by atoms with Gasteiger partial charge in [0.25, 0.3) is 5.91 Å². The Morgan fingerprint density at radius 3 is 2.31 bits per heavy atom. The summed E-state index contributed by atoms with van der Waals surface area (Å²) >= 11 is 0. The minimum absolute atomic E-state index is 0.0812. The monoisotopic (exact) mass is 485 g/mol. The fourth-order valence-electron chi connectivity index (χ4n) is 5.54. The molecule has 1 aliphatic carbocycles. The van der Waals surface area contributed by atoms with Gasteiger partial charge in [-0.25, -0.2) is 0 Å². The van der Waals surface area contributed by atoms with Gasteiger partial charge in [0.2, 0.25) is 5.91 Å². The lowest BCUT2D eigenvalue weighted by atomic mass is 9.86. The molecule has 3 aromatic rings. The number of hydrogen-bond donors (Lipinski definition) is 1. The summed E-state index contributed by atoms with van der Waals surface area (Å²) in [6.45, 7) is 4.93. The van der Waals surface area contributed by atoms with Gasteiger partial charge in [-0.15, -0.1) is 0 Å². The highest BCUT2D eigenvalue weighted by Gasteiger charge is 2.48. The molecule has 1 fully saturated rings. The SMILES string of the molecule is COc1ccc(CN2C(=O)c3ccc(-c4ccccc4)n3C[C@@]2(C)C(=O)NC2CCC(C)CC2)cc1. The molecule has 1 N–H and O–H groups in total. The zero-order valence-corrected chi connectivity index (χ0v) is 21.4. The van der Waals surface area contributed by atoms with Gasteiger partial charge in [0.1, 0.15) is 17.0 Å². The Bertz CT molecular complexity index is 1230. The van der Waals surface area contributed by atoms with Crippen LogP contribution < -0.4 is 10.1 Å². The van der Waals surface area contributed by atoms with E-state index in [0.717, 1.165) is 48.3 Å². The maximum Gasteiger partial charge on any atom is 0.271 e. The Morgan fingerprint density at radius 2 is 1.64 bits per heavy atom. The first-order valence-electron chi connectivity index (χ1n) is 12.9. The van der Waals surface area contributed by atoms with E-state index in [1.54, 1.807) is 12.0 Å². The Labute approximate surface area is 213 Å². The number of carbonyl (C=O) groups is 2. The van der Waals surface area contributed by atoms with Gasteiger partial charge < -0.3 is 19.5 Å². The minimum Gasteiger partial charge on any atom is -0.497 e. The van der Waals surface area contributed by atoms with Gasteiger partial charge in [0.05, 0.1) is 13.7 Å². The number of rotatable bonds is 6. The molecule has 1 aromatic heterocycles. The number of nitrogens with zero attached hydrogens (tertiary/aromatic N) is 2. The second kappa shape index (κ2) is 9.84. The number of hydrogen-bond acceptors (Lipinski definition) is 3. The summed E-state index contributed by atoms with van der Waals surface area (Å²) in [6, 6.07) is 21.8. The fourth-order valence-corrected chi connectivity index (χ4v) is 5.54. The van der Waals surface area contributed by atoms with Crippen molar-refractivity contribution in [3.63, 3.8) is 0 Å². The van der Waals surface area contributed by atoms with Gasteiger partial charge in [-0.05, 0) is 73.9 Å².